The molecule has 0 aliphatic rings. The zero-order valence-corrected chi connectivity index (χ0v) is 11.9. The zero-order valence-electron chi connectivity index (χ0n) is 11.9. The second-order valence-electron chi connectivity index (χ2n) is 4.71. The second kappa shape index (κ2) is 6.08. The molecule has 5 nitrogen and oxygen atoms in total. The first-order chi connectivity index (χ1) is 10.2. The van der Waals surface area contributed by atoms with E-state index in [4.69, 9.17) is 0 Å². The number of benzene rings is 1. The molecule has 8 heteroatoms. The Hall–Kier alpha value is -2.51. The van der Waals surface area contributed by atoms with Crippen molar-refractivity contribution in [2.24, 2.45) is 0 Å². The van der Waals surface area contributed by atoms with Crippen molar-refractivity contribution < 1.29 is 22.7 Å². The van der Waals surface area contributed by atoms with Crippen LogP contribution in [0.15, 0.2) is 30.3 Å². The largest absolute Gasteiger partial charge is 0.573 e. The monoisotopic (exact) mass is 313 g/mol. The fraction of sp³-hybridized carbons (Fsp3) is 0.286. The molecule has 22 heavy (non-hydrogen) atoms. The molecule has 0 aliphatic carbocycles. The van der Waals surface area contributed by atoms with Gasteiger partial charge >= 0.3 is 6.36 Å². The number of amides is 1. The molecule has 0 fully saturated rings. The number of carbonyl (C=O) groups is 1. The summed E-state index contributed by atoms with van der Waals surface area (Å²) < 4.78 is 41.4. The first kappa shape index (κ1) is 15.9. The molecule has 0 unspecified atom stereocenters. The van der Waals surface area contributed by atoms with Gasteiger partial charge in [-0.15, -0.1) is 13.2 Å². The highest BCUT2D eigenvalue weighted by molar-refractivity contribution is 5.90. The Kier molecular flexibility index (Phi) is 4.39. The van der Waals surface area contributed by atoms with E-state index in [0.717, 1.165) is 23.5 Å². The summed E-state index contributed by atoms with van der Waals surface area (Å²) in [5.41, 5.74) is 2.03. The SMILES string of the molecule is Cc1cc(C)n(CC(=O)Nc2ccc(OC(F)(F)F)cc2)n1. The fourth-order valence-electron chi connectivity index (χ4n) is 1.91. The van der Waals surface area contributed by atoms with Crippen molar-refractivity contribution in [1.82, 2.24) is 9.78 Å². The van der Waals surface area contributed by atoms with Crippen LogP contribution < -0.4 is 10.1 Å². The smallest absolute Gasteiger partial charge is 0.406 e. The average Bonchev–Trinajstić information content (AvgIpc) is 2.68. The predicted octanol–water partition coefficient (Wildman–Crippen LogP) is 3.04. The molecule has 0 saturated carbocycles. The maximum Gasteiger partial charge on any atom is 0.573 e. The van der Waals surface area contributed by atoms with Crippen molar-refractivity contribution in [2.45, 2.75) is 26.8 Å². The summed E-state index contributed by atoms with van der Waals surface area (Å²) in [6.45, 7) is 3.68. The minimum atomic E-state index is -4.74. The molecule has 118 valence electrons. The molecule has 1 N–H and O–H groups in total. The van der Waals surface area contributed by atoms with Crippen molar-refractivity contribution in [3.8, 4) is 5.75 Å². The Balaban J connectivity index is 1.96. The average molecular weight is 313 g/mol. The van der Waals surface area contributed by atoms with Gasteiger partial charge in [-0.25, -0.2) is 0 Å². The molecule has 0 bridgehead atoms. The molecule has 1 aromatic heterocycles. The summed E-state index contributed by atoms with van der Waals surface area (Å²) in [5.74, 6) is -0.667. The third-order valence-electron chi connectivity index (χ3n) is 2.77. The summed E-state index contributed by atoms with van der Waals surface area (Å²) in [5, 5.41) is 6.74. The lowest BCUT2D eigenvalue weighted by Crippen LogP contribution is -2.20. The molecular formula is C14H14F3N3O2. The molecule has 0 aliphatic heterocycles. The van der Waals surface area contributed by atoms with Crippen molar-refractivity contribution in [2.75, 3.05) is 5.32 Å². The molecule has 2 rings (SSSR count). The van der Waals surface area contributed by atoms with E-state index in [1.165, 1.54) is 12.1 Å². The lowest BCUT2D eigenvalue weighted by Gasteiger charge is -2.10. The van der Waals surface area contributed by atoms with Gasteiger partial charge in [0.2, 0.25) is 5.91 Å². The van der Waals surface area contributed by atoms with Crippen LogP contribution in [0.3, 0.4) is 0 Å². The number of carbonyl (C=O) groups excluding carboxylic acids is 1. The van der Waals surface area contributed by atoms with Gasteiger partial charge in [0.1, 0.15) is 12.3 Å². The first-order valence-corrected chi connectivity index (χ1v) is 6.40. The minimum absolute atomic E-state index is 0.0282. The Labute approximate surface area is 124 Å². The molecule has 1 heterocycles. The van der Waals surface area contributed by atoms with E-state index in [2.05, 4.69) is 15.2 Å². The third-order valence-corrected chi connectivity index (χ3v) is 2.77. The molecule has 0 radical (unpaired) electrons. The number of nitrogens with zero attached hydrogens (tertiary/aromatic N) is 2. The van der Waals surface area contributed by atoms with Gasteiger partial charge in [0, 0.05) is 11.4 Å². The van der Waals surface area contributed by atoms with E-state index in [0.29, 0.717) is 5.69 Å². The van der Waals surface area contributed by atoms with Crippen LogP contribution in [-0.4, -0.2) is 22.1 Å². The Morgan fingerprint density at radius 2 is 1.91 bits per heavy atom. The molecule has 0 saturated heterocycles. The molecule has 2 aromatic rings. The molecule has 1 amide bonds. The Morgan fingerprint density at radius 1 is 1.27 bits per heavy atom. The molecule has 0 spiro atoms. The van der Waals surface area contributed by atoms with Crippen LogP contribution in [0.1, 0.15) is 11.4 Å². The standard InChI is InChI=1S/C14H14F3N3O2/c1-9-7-10(2)20(19-9)8-13(21)18-11-3-5-12(6-4-11)22-14(15,16)17/h3-7H,8H2,1-2H3,(H,18,21). The normalized spacial score (nSPS) is 11.3. The van der Waals surface area contributed by atoms with Crippen LogP contribution in [0, 0.1) is 13.8 Å². The van der Waals surface area contributed by atoms with E-state index >= 15 is 0 Å². The summed E-state index contributed by atoms with van der Waals surface area (Å²) in [7, 11) is 0. The van der Waals surface area contributed by atoms with Crippen LogP contribution in [0.2, 0.25) is 0 Å². The van der Waals surface area contributed by atoms with Gasteiger partial charge < -0.3 is 10.1 Å². The van der Waals surface area contributed by atoms with Crippen LogP contribution in [0.4, 0.5) is 18.9 Å². The predicted molar refractivity (Wildman–Crippen MR) is 73.5 cm³/mol. The van der Waals surface area contributed by atoms with Crippen LogP contribution >= 0.6 is 0 Å². The quantitative estimate of drug-likeness (QED) is 0.944. The van der Waals surface area contributed by atoms with Gasteiger partial charge in [-0.2, -0.15) is 5.10 Å². The summed E-state index contributed by atoms with van der Waals surface area (Å²) in [4.78, 5) is 11.9. The highest BCUT2D eigenvalue weighted by Gasteiger charge is 2.30. The molecule has 1 aromatic carbocycles. The highest BCUT2D eigenvalue weighted by atomic mass is 19.4. The summed E-state index contributed by atoms with van der Waals surface area (Å²) in [6.07, 6.45) is -4.74. The van der Waals surface area contributed by atoms with Gasteiger partial charge in [0.05, 0.1) is 5.69 Å². The van der Waals surface area contributed by atoms with Crippen molar-refractivity contribution in [3.63, 3.8) is 0 Å². The lowest BCUT2D eigenvalue weighted by molar-refractivity contribution is -0.274. The van der Waals surface area contributed by atoms with Crippen molar-refractivity contribution in [1.29, 1.82) is 0 Å². The van der Waals surface area contributed by atoms with Gasteiger partial charge in [0.15, 0.2) is 0 Å². The van der Waals surface area contributed by atoms with E-state index in [1.807, 2.05) is 19.9 Å². The lowest BCUT2D eigenvalue weighted by atomic mass is 10.3. The van der Waals surface area contributed by atoms with Crippen LogP contribution in [-0.2, 0) is 11.3 Å². The number of ether oxygens (including phenoxy) is 1. The minimum Gasteiger partial charge on any atom is -0.406 e. The van der Waals surface area contributed by atoms with Crippen molar-refractivity contribution >= 4 is 11.6 Å². The maximum absolute atomic E-state index is 12.0. The zero-order chi connectivity index (χ0) is 16.3. The first-order valence-electron chi connectivity index (χ1n) is 6.40. The number of hydrogen-bond donors (Lipinski definition) is 1. The van der Waals surface area contributed by atoms with Gasteiger partial charge in [0.25, 0.3) is 0 Å². The number of aryl methyl sites for hydroxylation is 2. The van der Waals surface area contributed by atoms with E-state index in [1.54, 1.807) is 4.68 Å². The number of halogens is 3. The van der Waals surface area contributed by atoms with Gasteiger partial charge in [-0.1, -0.05) is 0 Å². The fourth-order valence-corrected chi connectivity index (χ4v) is 1.91. The summed E-state index contributed by atoms with van der Waals surface area (Å²) in [6, 6.07) is 6.77. The number of aromatic nitrogens is 2. The number of rotatable bonds is 4. The molecular weight excluding hydrogens is 299 g/mol. The van der Waals surface area contributed by atoms with E-state index < -0.39 is 6.36 Å². The topological polar surface area (TPSA) is 56.2 Å². The Morgan fingerprint density at radius 3 is 2.41 bits per heavy atom. The summed E-state index contributed by atoms with van der Waals surface area (Å²) >= 11 is 0. The van der Waals surface area contributed by atoms with Crippen LogP contribution in [0.5, 0.6) is 5.75 Å². The molecule has 0 atom stereocenters. The van der Waals surface area contributed by atoms with Crippen LogP contribution in [0.25, 0.3) is 0 Å². The van der Waals surface area contributed by atoms with E-state index in [9.17, 15) is 18.0 Å². The number of nitrogens with one attached hydrogen (secondary N) is 1. The number of hydrogen-bond acceptors (Lipinski definition) is 3. The second-order valence-corrected chi connectivity index (χ2v) is 4.71. The van der Waals surface area contributed by atoms with Gasteiger partial charge in [-0.05, 0) is 44.2 Å². The Bertz CT molecular complexity index is 663. The van der Waals surface area contributed by atoms with Gasteiger partial charge in [-0.3, -0.25) is 9.48 Å². The highest BCUT2D eigenvalue weighted by Crippen LogP contribution is 2.23. The maximum atomic E-state index is 12.0. The third kappa shape index (κ3) is 4.51. The van der Waals surface area contributed by atoms with Crippen molar-refractivity contribution in [3.05, 3.63) is 41.7 Å². The number of anilines is 1. The van der Waals surface area contributed by atoms with E-state index in [-0.39, 0.29) is 18.2 Å². The number of alkyl halides is 3.